The summed E-state index contributed by atoms with van der Waals surface area (Å²) < 4.78 is 5.21. The predicted octanol–water partition coefficient (Wildman–Crippen LogP) is 4.54. The van der Waals surface area contributed by atoms with Crippen molar-refractivity contribution in [1.82, 2.24) is 0 Å². The molecule has 130 valence electrons. The van der Waals surface area contributed by atoms with Gasteiger partial charge in [-0.15, -0.1) is 24.0 Å². The average Bonchev–Trinajstić information content (AvgIpc) is 2.73. The lowest BCUT2D eigenvalue weighted by Crippen LogP contribution is -2.27. The first-order valence-electron chi connectivity index (χ1n) is 8.27. The molecule has 4 nitrogen and oxygen atoms in total. The maximum absolute atomic E-state index is 6.08. The molecule has 1 aliphatic rings. The Kier molecular flexibility index (Phi) is 8.91. The van der Waals surface area contributed by atoms with E-state index < -0.39 is 0 Å². The molecule has 23 heavy (non-hydrogen) atoms. The Morgan fingerprint density at radius 2 is 1.87 bits per heavy atom. The molecule has 0 aliphatic heterocycles. The van der Waals surface area contributed by atoms with Crippen molar-refractivity contribution in [3.8, 4) is 0 Å². The van der Waals surface area contributed by atoms with Crippen LogP contribution in [0, 0.1) is 5.41 Å². The summed E-state index contributed by atoms with van der Waals surface area (Å²) >= 11 is 0. The van der Waals surface area contributed by atoms with Crippen molar-refractivity contribution in [2.75, 3.05) is 19.0 Å². The van der Waals surface area contributed by atoms with Crippen LogP contribution in [0.1, 0.15) is 51.0 Å². The molecule has 1 saturated carbocycles. The molecule has 0 heterocycles. The smallest absolute Gasteiger partial charge is 0.193 e. The third kappa shape index (κ3) is 6.67. The molecule has 1 fully saturated rings. The zero-order valence-corrected chi connectivity index (χ0v) is 16.6. The average molecular weight is 431 g/mol. The molecule has 0 aromatic heterocycles. The zero-order valence-electron chi connectivity index (χ0n) is 14.3. The van der Waals surface area contributed by atoms with E-state index in [1.54, 1.807) is 7.11 Å². The number of nitrogens with two attached hydrogens (primary N) is 1. The number of benzene rings is 1. The first-order valence-corrected chi connectivity index (χ1v) is 8.27. The molecule has 0 unspecified atom stereocenters. The van der Waals surface area contributed by atoms with Crippen LogP contribution in [-0.4, -0.2) is 19.6 Å². The number of rotatable bonds is 5. The lowest BCUT2D eigenvalue weighted by Gasteiger charge is -2.26. The van der Waals surface area contributed by atoms with Gasteiger partial charge in [0, 0.05) is 24.9 Å². The Morgan fingerprint density at radius 3 is 2.52 bits per heavy atom. The summed E-state index contributed by atoms with van der Waals surface area (Å²) in [4.78, 5) is 4.60. The molecule has 0 atom stereocenters. The number of nitrogens with zero attached hydrogens (tertiary/aromatic N) is 1. The first kappa shape index (κ1) is 20.2. The molecular formula is C18H30IN3O. The molecule has 5 heteroatoms. The zero-order chi connectivity index (χ0) is 15.8. The van der Waals surface area contributed by atoms with E-state index >= 15 is 0 Å². The van der Waals surface area contributed by atoms with Crippen LogP contribution >= 0.6 is 24.0 Å². The molecule has 0 spiro atoms. The molecule has 2 rings (SSSR count). The molecule has 0 amide bonds. The second-order valence-corrected chi connectivity index (χ2v) is 6.64. The van der Waals surface area contributed by atoms with Gasteiger partial charge in [-0.25, -0.2) is 0 Å². The van der Waals surface area contributed by atoms with Crippen LogP contribution in [0.15, 0.2) is 29.3 Å². The predicted molar refractivity (Wildman–Crippen MR) is 108 cm³/mol. The summed E-state index contributed by atoms with van der Waals surface area (Å²) in [6, 6.07) is 8.02. The molecule has 0 saturated heterocycles. The second kappa shape index (κ2) is 10.1. The normalized spacial score (nSPS) is 17.9. The van der Waals surface area contributed by atoms with Crippen LogP contribution in [-0.2, 0) is 11.3 Å². The number of halogens is 1. The van der Waals surface area contributed by atoms with Gasteiger partial charge in [-0.2, -0.15) is 0 Å². The van der Waals surface area contributed by atoms with Crippen LogP contribution in [0.4, 0.5) is 5.69 Å². The summed E-state index contributed by atoms with van der Waals surface area (Å²) in [6.45, 7) is 3.71. The van der Waals surface area contributed by atoms with Crippen LogP contribution in [0.2, 0.25) is 0 Å². The summed E-state index contributed by atoms with van der Waals surface area (Å²) in [5.74, 6) is 0.494. The molecule has 1 aliphatic carbocycles. The highest BCUT2D eigenvalue weighted by atomic mass is 127. The minimum Gasteiger partial charge on any atom is -0.380 e. The number of ether oxygens (including phenoxy) is 1. The number of hydrogen-bond donors (Lipinski definition) is 2. The van der Waals surface area contributed by atoms with Gasteiger partial charge in [0.2, 0.25) is 0 Å². The number of para-hydroxylation sites is 1. The van der Waals surface area contributed by atoms with E-state index in [9.17, 15) is 0 Å². The van der Waals surface area contributed by atoms with Crippen molar-refractivity contribution in [3.05, 3.63) is 29.8 Å². The van der Waals surface area contributed by atoms with Crippen LogP contribution in [0.3, 0.4) is 0 Å². The summed E-state index contributed by atoms with van der Waals surface area (Å²) in [6.07, 6.45) is 7.86. The van der Waals surface area contributed by atoms with Gasteiger partial charge in [0.15, 0.2) is 5.96 Å². The van der Waals surface area contributed by atoms with E-state index in [1.165, 1.54) is 38.5 Å². The Labute approximate surface area is 157 Å². The monoisotopic (exact) mass is 431 g/mol. The van der Waals surface area contributed by atoms with E-state index in [4.69, 9.17) is 10.5 Å². The molecule has 3 N–H and O–H groups in total. The second-order valence-electron chi connectivity index (χ2n) is 6.64. The van der Waals surface area contributed by atoms with Crippen molar-refractivity contribution in [1.29, 1.82) is 0 Å². The highest BCUT2D eigenvalue weighted by molar-refractivity contribution is 14.0. The van der Waals surface area contributed by atoms with Gasteiger partial charge in [0.1, 0.15) is 0 Å². The molecule has 1 aromatic rings. The minimum absolute atomic E-state index is 0. The van der Waals surface area contributed by atoms with Crippen molar-refractivity contribution in [2.24, 2.45) is 16.1 Å². The van der Waals surface area contributed by atoms with Gasteiger partial charge in [-0.05, 0) is 24.3 Å². The summed E-state index contributed by atoms with van der Waals surface area (Å²) in [5.41, 5.74) is 8.44. The highest BCUT2D eigenvalue weighted by Crippen LogP contribution is 2.34. The van der Waals surface area contributed by atoms with E-state index in [1.807, 2.05) is 24.3 Å². The van der Waals surface area contributed by atoms with Crippen molar-refractivity contribution >= 4 is 35.6 Å². The maximum Gasteiger partial charge on any atom is 0.193 e. The number of aliphatic imine (C=N–C) groups is 1. The van der Waals surface area contributed by atoms with Crippen LogP contribution in [0.25, 0.3) is 0 Å². The highest BCUT2D eigenvalue weighted by Gasteiger charge is 2.25. The third-order valence-corrected chi connectivity index (χ3v) is 4.52. The maximum atomic E-state index is 6.08. The SMILES string of the molecule is COCc1ccccc1NC(N)=NCC1(C)CCCCCC1.I. The van der Waals surface area contributed by atoms with E-state index in [2.05, 4.69) is 17.2 Å². The fraction of sp³-hybridized carbons (Fsp3) is 0.611. The van der Waals surface area contributed by atoms with Crippen molar-refractivity contribution in [3.63, 3.8) is 0 Å². The van der Waals surface area contributed by atoms with Gasteiger partial charge < -0.3 is 15.8 Å². The summed E-state index contributed by atoms with van der Waals surface area (Å²) in [7, 11) is 1.70. The standard InChI is InChI=1S/C18H29N3O.HI/c1-18(11-7-3-4-8-12-18)14-20-17(19)21-16-10-6-5-9-15(16)13-22-2;/h5-6,9-10H,3-4,7-8,11-14H2,1-2H3,(H3,19,20,21);1H. The number of guanidine groups is 1. The molecule has 1 aromatic carbocycles. The first-order chi connectivity index (χ1) is 10.6. The Morgan fingerprint density at radius 1 is 1.22 bits per heavy atom. The molecule has 0 radical (unpaired) electrons. The van der Waals surface area contributed by atoms with Crippen molar-refractivity contribution < 1.29 is 4.74 Å². The number of anilines is 1. The van der Waals surface area contributed by atoms with Crippen molar-refractivity contribution in [2.45, 2.75) is 52.1 Å². The molecule has 0 bridgehead atoms. The topological polar surface area (TPSA) is 59.6 Å². The van der Waals surface area contributed by atoms with E-state index in [0.29, 0.717) is 18.0 Å². The quantitative estimate of drug-likeness (QED) is 0.312. The van der Waals surface area contributed by atoms with Gasteiger partial charge in [-0.1, -0.05) is 50.8 Å². The fourth-order valence-corrected chi connectivity index (χ4v) is 3.12. The van der Waals surface area contributed by atoms with Gasteiger partial charge in [-0.3, -0.25) is 4.99 Å². The number of methoxy groups -OCH3 is 1. The Bertz CT molecular complexity index is 497. The number of nitrogens with one attached hydrogen (secondary N) is 1. The summed E-state index contributed by atoms with van der Waals surface area (Å²) in [5, 5.41) is 3.22. The van der Waals surface area contributed by atoms with E-state index in [0.717, 1.165) is 17.8 Å². The molecular weight excluding hydrogens is 401 g/mol. The van der Waals surface area contributed by atoms with Gasteiger partial charge >= 0.3 is 0 Å². The van der Waals surface area contributed by atoms with Gasteiger partial charge in [0.25, 0.3) is 0 Å². The lowest BCUT2D eigenvalue weighted by molar-refractivity contribution is 0.185. The van der Waals surface area contributed by atoms with Crippen LogP contribution < -0.4 is 11.1 Å². The Hall–Kier alpha value is -0.820. The lowest BCUT2D eigenvalue weighted by atomic mass is 9.83. The number of hydrogen-bond acceptors (Lipinski definition) is 2. The van der Waals surface area contributed by atoms with Crippen LogP contribution in [0.5, 0.6) is 0 Å². The van der Waals surface area contributed by atoms with E-state index in [-0.39, 0.29) is 24.0 Å². The van der Waals surface area contributed by atoms with Gasteiger partial charge in [0.05, 0.1) is 6.61 Å². The fourth-order valence-electron chi connectivity index (χ4n) is 3.12. The largest absolute Gasteiger partial charge is 0.380 e. The Balaban J connectivity index is 0.00000264. The minimum atomic E-state index is 0. The third-order valence-electron chi connectivity index (χ3n) is 4.52.